The second kappa shape index (κ2) is 4.94. The molecule has 2 aromatic heterocycles. The molecule has 2 heterocycles. The van der Waals surface area contributed by atoms with Crippen LogP contribution in [0.3, 0.4) is 0 Å². The van der Waals surface area contributed by atoms with Gasteiger partial charge in [-0.1, -0.05) is 17.7 Å². The Morgan fingerprint density at radius 3 is 2.89 bits per heavy atom. The molecule has 0 bridgehead atoms. The molecule has 0 aliphatic carbocycles. The predicted octanol–water partition coefficient (Wildman–Crippen LogP) is 4.65. The summed E-state index contributed by atoms with van der Waals surface area (Å²) in [4.78, 5) is 4.24. The maximum absolute atomic E-state index is 5.97. The lowest BCUT2D eigenvalue weighted by molar-refractivity contribution is 0.525. The van der Waals surface area contributed by atoms with Crippen molar-refractivity contribution in [2.75, 3.05) is 5.32 Å². The number of nitrogens with one attached hydrogen (secondary N) is 1. The Bertz CT molecular complexity index is 694. The van der Waals surface area contributed by atoms with Gasteiger partial charge in [0.15, 0.2) is 0 Å². The van der Waals surface area contributed by atoms with E-state index >= 15 is 0 Å². The van der Waals surface area contributed by atoms with Gasteiger partial charge in [0.1, 0.15) is 17.2 Å². The van der Waals surface area contributed by atoms with Crippen LogP contribution in [0.2, 0.25) is 5.02 Å². The van der Waals surface area contributed by atoms with Crippen molar-refractivity contribution < 1.29 is 4.42 Å². The third-order valence-corrected chi connectivity index (χ3v) is 3.19. The molecule has 0 amide bonds. The molecule has 0 saturated heterocycles. The second-order valence-electron chi connectivity index (χ2n) is 4.41. The molecule has 0 aliphatic rings. The van der Waals surface area contributed by atoms with Crippen molar-refractivity contribution in [2.24, 2.45) is 0 Å². The highest BCUT2D eigenvalue weighted by molar-refractivity contribution is 6.31. The van der Waals surface area contributed by atoms with Crippen molar-refractivity contribution in [1.29, 1.82) is 0 Å². The van der Waals surface area contributed by atoms with Gasteiger partial charge < -0.3 is 9.73 Å². The van der Waals surface area contributed by atoms with Gasteiger partial charge in [-0.2, -0.15) is 0 Å². The van der Waals surface area contributed by atoms with E-state index in [2.05, 4.69) is 10.3 Å². The van der Waals surface area contributed by atoms with E-state index in [1.54, 1.807) is 6.20 Å². The molecule has 1 atom stereocenters. The Morgan fingerprint density at radius 1 is 1.21 bits per heavy atom. The molecule has 0 radical (unpaired) electrons. The van der Waals surface area contributed by atoms with E-state index in [-0.39, 0.29) is 6.04 Å². The molecule has 1 unspecified atom stereocenters. The first kappa shape index (κ1) is 12.1. The van der Waals surface area contributed by atoms with Gasteiger partial charge in [-0.05, 0) is 43.3 Å². The van der Waals surface area contributed by atoms with E-state index in [1.807, 2.05) is 49.4 Å². The zero-order chi connectivity index (χ0) is 13.2. The number of aromatic nitrogens is 1. The lowest BCUT2D eigenvalue weighted by Gasteiger charge is -2.11. The summed E-state index contributed by atoms with van der Waals surface area (Å²) in [7, 11) is 0. The highest BCUT2D eigenvalue weighted by Crippen LogP contribution is 2.27. The van der Waals surface area contributed by atoms with Gasteiger partial charge in [-0.25, -0.2) is 4.98 Å². The smallest absolute Gasteiger partial charge is 0.134 e. The summed E-state index contributed by atoms with van der Waals surface area (Å²) < 4.78 is 5.81. The Balaban J connectivity index is 1.87. The molecular formula is C15H13ClN2O. The summed E-state index contributed by atoms with van der Waals surface area (Å²) in [6.45, 7) is 2.04. The number of hydrogen-bond donors (Lipinski definition) is 1. The van der Waals surface area contributed by atoms with E-state index in [0.717, 1.165) is 22.5 Å². The molecule has 3 nitrogen and oxygen atoms in total. The van der Waals surface area contributed by atoms with Crippen LogP contribution in [-0.2, 0) is 0 Å². The molecule has 0 fully saturated rings. The molecule has 96 valence electrons. The van der Waals surface area contributed by atoms with Crippen LogP contribution in [0.4, 0.5) is 5.82 Å². The van der Waals surface area contributed by atoms with E-state index in [9.17, 15) is 0 Å². The highest BCUT2D eigenvalue weighted by Gasteiger charge is 2.12. The van der Waals surface area contributed by atoms with E-state index in [4.69, 9.17) is 16.0 Å². The van der Waals surface area contributed by atoms with Crippen LogP contribution >= 0.6 is 11.6 Å². The number of anilines is 1. The van der Waals surface area contributed by atoms with Gasteiger partial charge >= 0.3 is 0 Å². The summed E-state index contributed by atoms with van der Waals surface area (Å²) >= 11 is 5.97. The zero-order valence-corrected chi connectivity index (χ0v) is 11.2. The van der Waals surface area contributed by atoms with Crippen LogP contribution < -0.4 is 5.32 Å². The van der Waals surface area contributed by atoms with Gasteiger partial charge in [0.2, 0.25) is 0 Å². The monoisotopic (exact) mass is 272 g/mol. The van der Waals surface area contributed by atoms with Crippen LogP contribution in [-0.4, -0.2) is 4.98 Å². The molecule has 19 heavy (non-hydrogen) atoms. The summed E-state index contributed by atoms with van der Waals surface area (Å²) in [5.41, 5.74) is 0.842. The van der Waals surface area contributed by atoms with Gasteiger partial charge in [-0.15, -0.1) is 0 Å². The summed E-state index contributed by atoms with van der Waals surface area (Å²) in [6, 6.07) is 13.4. The molecule has 0 saturated carbocycles. The molecule has 3 rings (SSSR count). The topological polar surface area (TPSA) is 38.1 Å². The normalized spacial score (nSPS) is 12.5. The fraction of sp³-hybridized carbons (Fsp3) is 0.133. The quantitative estimate of drug-likeness (QED) is 0.754. The highest BCUT2D eigenvalue weighted by atomic mass is 35.5. The third-order valence-electron chi connectivity index (χ3n) is 2.95. The molecule has 0 aliphatic heterocycles. The van der Waals surface area contributed by atoms with Crippen LogP contribution in [0.1, 0.15) is 18.7 Å². The van der Waals surface area contributed by atoms with Gasteiger partial charge in [0, 0.05) is 16.6 Å². The number of hydrogen-bond acceptors (Lipinski definition) is 3. The number of fused-ring (bicyclic) bond motifs is 1. The molecule has 0 spiro atoms. The first-order valence-corrected chi connectivity index (χ1v) is 6.47. The Morgan fingerprint density at radius 2 is 2.11 bits per heavy atom. The minimum atomic E-state index is 0.0427. The van der Waals surface area contributed by atoms with Crippen LogP contribution in [0.5, 0.6) is 0 Å². The Hall–Kier alpha value is -2.00. The lowest BCUT2D eigenvalue weighted by Crippen LogP contribution is -2.06. The molecule has 3 aromatic rings. The Kier molecular flexibility index (Phi) is 3.13. The van der Waals surface area contributed by atoms with Crippen LogP contribution in [0.25, 0.3) is 11.0 Å². The van der Waals surface area contributed by atoms with Crippen molar-refractivity contribution >= 4 is 28.4 Å². The third kappa shape index (κ3) is 2.56. The maximum Gasteiger partial charge on any atom is 0.134 e. The summed E-state index contributed by atoms with van der Waals surface area (Å²) in [5.74, 6) is 1.69. The second-order valence-corrected chi connectivity index (χ2v) is 4.85. The zero-order valence-electron chi connectivity index (χ0n) is 10.4. The van der Waals surface area contributed by atoms with Crippen LogP contribution in [0, 0.1) is 0 Å². The fourth-order valence-electron chi connectivity index (χ4n) is 1.99. The molecule has 4 heteroatoms. The van der Waals surface area contributed by atoms with Crippen molar-refractivity contribution in [3.05, 3.63) is 59.4 Å². The average Bonchev–Trinajstić information content (AvgIpc) is 2.83. The van der Waals surface area contributed by atoms with Crippen molar-refractivity contribution in [2.45, 2.75) is 13.0 Å². The fourth-order valence-corrected chi connectivity index (χ4v) is 2.17. The van der Waals surface area contributed by atoms with Crippen molar-refractivity contribution in [3.63, 3.8) is 0 Å². The van der Waals surface area contributed by atoms with Gasteiger partial charge in [0.25, 0.3) is 0 Å². The standard InChI is InChI=1S/C15H13ClN2O/c1-10(18-15-4-2-3-7-17-15)14-9-11-8-12(16)5-6-13(11)19-14/h2-10H,1H3,(H,17,18). The largest absolute Gasteiger partial charge is 0.459 e. The average molecular weight is 273 g/mol. The molecule has 1 aromatic carbocycles. The number of benzene rings is 1. The van der Waals surface area contributed by atoms with E-state index in [1.165, 1.54) is 0 Å². The van der Waals surface area contributed by atoms with Crippen molar-refractivity contribution in [1.82, 2.24) is 4.98 Å². The van der Waals surface area contributed by atoms with E-state index in [0.29, 0.717) is 5.02 Å². The first-order valence-electron chi connectivity index (χ1n) is 6.09. The maximum atomic E-state index is 5.97. The lowest BCUT2D eigenvalue weighted by atomic mass is 10.2. The SMILES string of the molecule is CC(Nc1ccccn1)c1cc2cc(Cl)ccc2o1. The number of pyridine rings is 1. The van der Waals surface area contributed by atoms with Gasteiger partial charge in [0.05, 0.1) is 6.04 Å². The number of furan rings is 1. The number of rotatable bonds is 3. The summed E-state index contributed by atoms with van der Waals surface area (Å²) in [5, 5.41) is 5.02. The first-order chi connectivity index (χ1) is 9.22. The summed E-state index contributed by atoms with van der Waals surface area (Å²) in [6.07, 6.45) is 1.76. The number of halogens is 1. The van der Waals surface area contributed by atoms with E-state index < -0.39 is 0 Å². The van der Waals surface area contributed by atoms with Crippen molar-refractivity contribution in [3.8, 4) is 0 Å². The molecular weight excluding hydrogens is 260 g/mol. The number of nitrogens with zero attached hydrogens (tertiary/aromatic N) is 1. The van der Waals surface area contributed by atoms with Gasteiger partial charge in [-0.3, -0.25) is 0 Å². The minimum absolute atomic E-state index is 0.0427. The molecule has 1 N–H and O–H groups in total. The van der Waals surface area contributed by atoms with Crippen LogP contribution in [0.15, 0.2) is 53.1 Å². The predicted molar refractivity (Wildman–Crippen MR) is 77.5 cm³/mol. The Labute approximate surface area is 116 Å². The minimum Gasteiger partial charge on any atom is -0.459 e.